The normalized spacial score (nSPS) is 12.4. The maximum Gasteiger partial charge on any atom is 0.124 e. The molecule has 0 amide bonds. The fourth-order valence-electron chi connectivity index (χ4n) is 2.09. The maximum atomic E-state index is 5.85. The monoisotopic (exact) mass is 249 g/mol. The minimum atomic E-state index is 0.419. The minimum Gasteiger partial charge on any atom is -0.493 e. The summed E-state index contributed by atoms with van der Waals surface area (Å²) in [7, 11) is 0. The Morgan fingerprint density at radius 3 is 2.50 bits per heavy atom. The average molecular weight is 249 g/mol. The first-order chi connectivity index (χ1) is 8.83. The predicted molar refractivity (Wildman–Crippen MR) is 78.2 cm³/mol. The Morgan fingerprint density at radius 2 is 1.83 bits per heavy atom. The van der Waals surface area contributed by atoms with Gasteiger partial charge < -0.3 is 10.1 Å². The summed E-state index contributed by atoms with van der Waals surface area (Å²) < 4.78 is 5.85. The molecule has 0 aliphatic heterocycles. The molecule has 0 aromatic heterocycles. The molecule has 0 fully saturated rings. The number of benzene rings is 1. The van der Waals surface area contributed by atoms with Gasteiger partial charge in [-0.3, -0.25) is 0 Å². The van der Waals surface area contributed by atoms with E-state index < -0.39 is 0 Å². The van der Waals surface area contributed by atoms with Crippen LogP contribution in [0.1, 0.15) is 58.1 Å². The third-order valence-corrected chi connectivity index (χ3v) is 2.97. The molecule has 102 valence electrons. The minimum absolute atomic E-state index is 0.419. The molecule has 1 N–H and O–H groups in total. The van der Waals surface area contributed by atoms with Gasteiger partial charge in [-0.1, -0.05) is 45.4 Å². The number of ether oxygens (including phenoxy) is 1. The maximum absolute atomic E-state index is 5.85. The lowest BCUT2D eigenvalue weighted by Crippen LogP contribution is -2.22. The van der Waals surface area contributed by atoms with E-state index in [2.05, 4.69) is 50.4 Å². The number of hydrogen-bond donors (Lipinski definition) is 1. The topological polar surface area (TPSA) is 21.3 Å². The molecule has 0 heterocycles. The zero-order valence-electron chi connectivity index (χ0n) is 12.0. The van der Waals surface area contributed by atoms with Gasteiger partial charge in [0.05, 0.1) is 6.61 Å². The van der Waals surface area contributed by atoms with Crippen molar-refractivity contribution in [2.45, 2.75) is 52.5 Å². The zero-order chi connectivity index (χ0) is 13.2. The second-order valence-corrected chi connectivity index (χ2v) is 4.68. The van der Waals surface area contributed by atoms with Crippen LogP contribution < -0.4 is 10.1 Å². The van der Waals surface area contributed by atoms with Crippen molar-refractivity contribution in [2.75, 3.05) is 13.2 Å². The Balaban J connectivity index is 2.80. The molecule has 2 nitrogen and oxygen atoms in total. The van der Waals surface area contributed by atoms with Gasteiger partial charge in [-0.05, 0) is 31.9 Å². The van der Waals surface area contributed by atoms with Crippen LogP contribution in [0.2, 0.25) is 0 Å². The van der Waals surface area contributed by atoms with Crippen LogP contribution in [0.3, 0.4) is 0 Å². The molecule has 0 saturated heterocycles. The quantitative estimate of drug-likeness (QED) is 0.704. The molecular weight excluding hydrogens is 222 g/mol. The van der Waals surface area contributed by atoms with Gasteiger partial charge in [0.25, 0.3) is 0 Å². The van der Waals surface area contributed by atoms with E-state index in [1.54, 1.807) is 0 Å². The molecule has 1 rings (SSSR count). The van der Waals surface area contributed by atoms with E-state index in [1.807, 2.05) is 0 Å². The molecule has 0 radical (unpaired) electrons. The van der Waals surface area contributed by atoms with Crippen LogP contribution in [0.5, 0.6) is 5.75 Å². The molecule has 1 aromatic rings. The van der Waals surface area contributed by atoms with Gasteiger partial charge in [0.2, 0.25) is 0 Å². The van der Waals surface area contributed by atoms with Gasteiger partial charge in [0.15, 0.2) is 0 Å². The van der Waals surface area contributed by atoms with Gasteiger partial charge in [-0.15, -0.1) is 0 Å². The third kappa shape index (κ3) is 4.69. The summed E-state index contributed by atoms with van der Waals surface area (Å²) in [4.78, 5) is 0. The van der Waals surface area contributed by atoms with Gasteiger partial charge in [0.1, 0.15) is 5.75 Å². The number of hydrogen-bond acceptors (Lipinski definition) is 2. The first-order valence-corrected chi connectivity index (χ1v) is 7.28. The van der Waals surface area contributed by atoms with E-state index in [0.29, 0.717) is 6.04 Å². The molecule has 0 spiro atoms. The van der Waals surface area contributed by atoms with E-state index >= 15 is 0 Å². The van der Waals surface area contributed by atoms with Crippen molar-refractivity contribution in [3.05, 3.63) is 29.8 Å². The van der Waals surface area contributed by atoms with Crippen molar-refractivity contribution >= 4 is 0 Å². The van der Waals surface area contributed by atoms with Crippen LogP contribution >= 0.6 is 0 Å². The van der Waals surface area contributed by atoms with E-state index in [-0.39, 0.29) is 0 Å². The van der Waals surface area contributed by atoms with E-state index in [1.165, 1.54) is 12.0 Å². The summed E-state index contributed by atoms with van der Waals surface area (Å²) in [6.07, 6.45) is 4.56. The first kappa shape index (κ1) is 15.0. The summed E-state index contributed by atoms with van der Waals surface area (Å²) in [6.45, 7) is 8.43. The van der Waals surface area contributed by atoms with Gasteiger partial charge in [-0.25, -0.2) is 0 Å². The van der Waals surface area contributed by atoms with Crippen molar-refractivity contribution in [2.24, 2.45) is 0 Å². The average Bonchev–Trinajstić information content (AvgIpc) is 2.41. The Bertz CT molecular complexity index is 325. The van der Waals surface area contributed by atoms with Crippen LogP contribution in [0, 0.1) is 0 Å². The van der Waals surface area contributed by atoms with Crippen molar-refractivity contribution in [3.8, 4) is 5.75 Å². The van der Waals surface area contributed by atoms with Gasteiger partial charge in [-0.2, -0.15) is 0 Å². The highest BCUT2D eigenvalue weighted by molar-refractivity contribution is 5.36. The Morgan fingerprint density at radius 1 is 1.06 bits per heavy atom. The largest absolute Gasteiger partial charge is 0.493 e. The van der Waals surface area contributed by atoms with Crippen molar-refractivity contribution in [1.29, 1.82) is 0 Å². The van der Waals surface area contributed by atoms with E-state index in [0.717, 1.165) is 38.2 Å². The first-order valence-electron chi connectivity index (χ1n) is 7.28. The predicted octanol–water partition coefficient (Wildman–Crippen LogP) is 4.32. The van der Waals surface area contributed by atoms with Crippen LogP contribution in [0.25, 0.3) is 0 Å². The molecule has 0 aliphatic carbocycles. The van der Waals surface area contributed by atoms with Crippen molar-refractivity contribution in [1.82, 2.24) is 5.32 Å². The summed E-state index contributed by atoms with van der Waals surface area (Å²) in [6, 6.07) is 8.85. The molecule has 1 atom stereocenters. The van der Waals surface area contributed by atoms with E-state index in [4.69, 9.17) is 4.74 Å². The Kier molecular flexibility index (Phi) is 7.51. The molecular formula is C16H27NO. The molecule has 0 bridgehead atoms. The SMILES string of the molecule is CCCNC(CCC)c1ccccc1OCCC. The summed E-state index contributed by atoms with van der Waals surface area (Å²) in [5.74, 6) is 1.04. The second kappa shape index (κ2) is 8.98. The highest BCUT2D eigenvalue weighted by atomic mass is 16.5. The smallest absolute Gasteiger partial charge is 0.124 e. The number of para-hydroxylation sites is 1. The second-order valence-electron chi connectivity index (χ2n) is 4.68. The molecule has 0 aliphatic rings. The number of nitrogens with one attached hydrogen (secondary N) is 1. The van der Waals surface area contributed by atoms with Crippen molar-refractivity contribution in [3.63, 3.8) is 0 Å². The molecule has 0 saturated carbocycles. The molecule has 2 heteroatoms. The fourth-order valence-corrected chi connectivity index (χ4v) is 2.09. The molecule has 1 unspecified atom stereocenters. The standard InChI is InChI=1S/C16H27NO/c1-4-9-15(17-12-5-2)14-10-7-8-11-16(14)18-13-6-3/h7-8,10-11,15,17H,4-6,9,12-13H2,1-3H3. The zero-order valence-corrected chi connectivity index (χ0v) is 12.0. The van der Waals surface area contributed by atoms with Crippen LogP contribution in [0.15, 0.2) is 24.3 Å². The molecule has 1 aromatic carbocycles. The lowest BCUT2D eigenvalue weighted by molar-refractivity contribution is 0.308. The van der Waals surface area contributed by atoms with Gasteiger partial charge in [0, 0.05) is 11.6 Å². The summed E-state index contributed by atoms with van der Waals surface area (Å²) >= 11 is 0. The highest BCUT2D eigenvalue weighted by Gasteiger charge is 2.14. The highest BCUT2D eigenvalue weighted by Crippen LogP contribution is 2.28. The fraction of sp³-hybridized carbons (Fsp3) is 0.625. The Labute approximate surface area is 112 Å². The lowest BCUT2D eigenvalue weighted by Gasteiger charge is -2.21. The van der Waals surface area contributed by atoms with Crippen LogP contribution in [-0.4, -0.2) is 13.2 Å². The molecule has 18 heavy (non-hydrogen) atoms. The third-order valence-electron chi connectivity index (χ3n) is 2.97. The Hall–Kier alpha value is -1.02. The van der Waals surface area contributed by atoms with Crippen LogP contribution in [0.4, 0.5) is 0 Å². The van der Waals surface area contributed by atoms with E-state index in [9.17, 15) is 0 Å². The lowest BCUT2D eigenvalue weighted by atomic mass is 10.0. The van der Waals surface area contributed by atoms with Gasteiger partial charge >= 0.3 is 0 Å². The number of rotatable bonds is 9. The van der Waals surface area contributed by atoms with Crippen LogP contribution in [-0.2, 0) is 0 Å². The summed E-state index contributed by atoms with van der Waals surface area (Å²) in [5, 5.41) is 3.62. The summed E-state index contributed by atoms with van der Waals surface area (Å²) in [5.41, 5.74) is 1.31. The van der Waals surface area contributed by atoms with Crippen molar-refractivity contribution < 1.29 is 4.74 Å².